The summed E-state index contributed by atoms with van der Waals surface area (Å²) >= 11 is 0. The van der Waals surface area contributed by atoms with Gasteiger partial charge in [-0.2, -0.15) is 0 Å². The predicted molar refractivity (Wildman–Crippen MR) is 69.9 cm³/mol. The maximum atomic E-state index is 10.9. The number of nitro groups is 1. The maximum absolute atomic E-state index is 10.9. The Kier molecular flexibility index (Phi) is 3.81. The summed E-state index contributed by atoms with van der Waals surface area (Å²) in [6.45, 7) is 2.73. The van der Waals surface area contributed by atoms with Crippen LogP contribution in [0.5, 0.6) is 0 Å². The van der Waals surface area contributed by atoms with E-state index in [0.29, 0.717) is 5.56 Å². The number of benzene rings is 1. The van der Waals surface area contributed by atoms with Crippen LogP contribution in [0.4, 0.5) is 11.4 Å². The number of piperidine rings is 1. The quantitative estimate of drug-likeness (QED) is 0.660. The highest BCUT2D eigenvalue weighted by molar-refractivity contribution is 5.62. The SMILES string of the molecule is Cc1c(N2CCCCC2CO)cccc1[N+](=O)[O-]. The largest absolute Gasteiger partial charge is 0.394 e. The molecule has 0 radical (unpaired) electrons. The number of aliphatic hydroxyl groups is 1. The van der Waals surface area contributed by atoms with Crippen LogP contribution in [0.2, 0.25) is 0 Å². The standard InChI is InChI=1S/C13H18N2O3/c1-10-12(6-4-7-13(10)15(17)18)14-8-3-2-5-11(14)9-16/h4,6-7,11,16H,2-3,5,8-9H2,1H3. The molecule has 1 aliphatic rings. The molecule has 2 rings (SSSR count). The van der Waals surface area contributed by atoms with Gasteiger partial charge >= 0.3 is 0 Å². The monoisotopic (exact) mass is 250 g/mol. The number of nitrogens with zero attached hydrogens (tertiary/aromatic N) is 2. The van der Waals surface area contributed by atoms with E-state index in [1.54, 1.807) is 13.0 Å². The Morgan fingerprint density at radius 2 is 2.28 bits per heavy atom. The predicted octanol–water partition coefficient (Wildman–Crippen LogP) is 2.25. The highest BCUT2D eigenvalue weighted by Crippen LogP contribution is 2.32. The molecule has 1 N–H and O–H groups in total. The van der Waals surface area contributed by atoms with Gasteiger partial charge < -0.3 is 10.0 Å². The van der Waals surface area contributed by atoms with E-state index < -0.39 is 0 Å². The second-order valence-corrected chi connectivity index (χ2v) is 4.70. The lowest BCUT2D eigenvalue weighted by molar-refractivity contribution is -0.385. The Hall–Kier alpha value is -1.62. The van der Waals surface area contributed by atoms with Crippen molar-refractivity contribution < 1.29 is 10.0 Å². The van der Waals surface area contributed by atoms with Gasteiger partial charge in [0.05, 0.1) is 23.1 Å². The summed E-state index contributed by atoms with van der Waals surface area (Å²) in [5.74, 6) is 0. The molecule has 5 nitrogen and oxygen atoms in total. The number of rotatable bonds is 3. The van der Waals surface area contributed by atoms with Gasteiger partial charge in [-0.05, 0) is 32.3 Å². The van der Waals surface area contributed by atoms with Crippen LogP contribution in [0.25, 0.3) is 0 Å². The molecular formula is C13H18N2O3. The van der Waals surface area contributed by atoms with Gasteiger partial charge in [-0.25, -0.2) is 0 Å². The Morgan fingerprint density at radius 1 is 1.50 bits per heavy atom. The van der Waals surface area contributed by atoms with E-state index in [2.05, 4.69) is 4.90 Å². The van der Waals surface area contributed by atoms with Crippen LogP contribution in [0.3, 0.4) is 0 Å². The molecule has 18 heavy (non-hydrogen) atoms. The molecule has 1 heterocycles. The summed E-state index contributed by atoms with van der Waals surface area (Å²) in [4.78, 5) is 12.7. The molecule has 0 aliphatic carbocycles. The number of hydrogen-bond donors (Lipinski definition) is 1. The van der Waals surface area contributed by atoms with E-state index in [9.17, 15) is 15.2 Å². The number of hydrogen-bond acceptors (Lipinski definition) is 4. The van der Waals surface area contributed by atoms with Gasteiger partial charge in [0.1, 0.15) is 0 Å². The maximum Gasteiger partial charge on any atom is 0.274 e. The highest BCUT2D eigenvalue weighted by Gasteiger charge is 2.25. The van der Waals surface area contributed by atoms with Crippen molar-refractivity contribution in [2.75, 3.05) is 18.1 Å². The van der Waals surface area contributed by atoms with E-state index in [-0.39, 0.29) is 23.3 Å². The smallest absolute Gasteiger partial charge is 0.274 e. The fourth-order valence-electron chi connectivity index (χ4n) is 2.63. The molecule has 1 aromatic rings. The van der Waals surface area contributed by atoms with Crippen LogP contribution in [0.15, 0.2) is 18.2 Å². The fraction of sp³-hybridized carbons (Fsp3) is 0.538. The topological polar surface area (TPSA) is 66.6 Å². The molecule has 1 atom stereocenters. The van der Waals surface area contributed by atoms with E-state index in [0.717, 1.165) is 31.5 Å². The summed E-state index contributed by atoms with van der Waals surface area (Å²) in [6, 6.07) is 5.22. The van der Waals surface area contributed by atoms with E-state index in [4.69, 9.17) is 0 Å². The normalized spacial score (nSPS) is 19.9. The van der Waals surface area contributed by atoms with Crippen LogP contribution < -0.4 is 4.90 Å². The third-order valence-electron chi connectivity index (χ3n) is 3.62. The van der Waals surface area contributed by atoms with Crippen molar-refractivity contribution in [2.45, 2.75) is 32.2 Å². The third-order valence-corrected chi connectivity index (χ3v) is 3.62. The lowest BCUT2D eigenvalue weighted by Crippen LogP contribution is -2.42. The van der Waals surface area contributed by atoms with E-state index >= 15 is 0 Å². The van der Waals surface area contributed by atoms with E-state index in [1.807, 2.05) is 6.07 Å². The van der Waals surface area contributed by atoms with Gasteiger partial charge in [0, 0.05) is 18.3 Å². The number of nitro benzene ring substituents is 1. The molecule has 1 unspecified atom stereocenters. The van der Waals surface area contributed by atoms with Crippen molar-refractivity contribution in [2.24, 2.45) is 0 Å². The van der Waals surface area contributed by atoms with Gasteiger partial charge in [0.15, 0.2) is 0 Å². The second-order valence-electron chi connectivity index (χ2n) is 4.70. The highest BCUT2D eigenvalue weighted by atomic mass is 16.6. The molecule has 1 aromatic carbocycles. The van der Waals surface area contributed by atoms with Crippen molar-refractivity contribution in [1.29, 1.82) is 0 Å². The molecule has 0 saturated carbocycles. The zero-order chi connectivity index (χ0) is 13.1. The average molecular weight is 250 g/mol. The first-order chi connectivity index (χ1) is 8.65. The molecule has 98 valence electrons. The van der Waals surface area contributed by atoms with Crippen molar-refractivity contribution in [1.82, 2.24) is 0 Å². The Labute approximate surface area is 106 Å². The summed E-state index contributed by atoms with van der Waals surface area (Å²) < 4.78 is 0. The van der Waals surface area contributed by atoms with Crippen LogP contribution in [0.1, 0.15) is 24.8 Å². The van der Waals surface area contributed by atoms with Crippen molar-refractivity contribution in [3.05, 3.63) is 33.9 Å². The summed E-state index contributed by atoms with van der Waals surface area (Å²) in [5, 5.41) is 20.4. The molecule has 1 saturated heterocycles. The Morgan fingerprint density at radius 3 is 2.94 bits per heavy atom. The summed E-state index contributed by atoms with van der Waals surface area (Å²) in [7, 11) is 0. The van der Waals surface area contributed by atoms with Crippen LogP contribution in [-0.4, -0.2) is 29.2 Å². The van der Waals surface area contributed by atoms with Gasteiger partial charge in [0.2, 0.25) is 0 Å². The van der Waals surface area contributed by atoms with E-state index in [1.165, 1.54) is 6.07 Å². The Balaban J connectivity index is 2.37. The van der Waals surface area contributed by atoms with Crippen LogP contribution in [0, 0.1) is 17.0 Å². The third kappa shape index (κ3) is 2.31. The molecule has 1 aliphatic heterocycles. The molecule has 5 heteroatoms. The van der Waals surface area contributed by atoms with Crippen molar-refractivity contribution in [3.8, 4) is 0 Å². The first-order valence-corrected chi connectivity index (χ1v) is 6.26. The van der Waals surface area contributed by atoms with Gasteiger partial charge in [0.25, 0.3) is 5.69 Å². The molecule has 0 spiro atoms. The number of anilines is 1. The lowest BCUT2D eigenvalue weighted by atomic mass is 10.00. The van der Waals surface area contributed by atoms with Crippen LogP contribution >= 0.6 is 0 Å². The van der Waals surface area contributed by atoms with Crippen LogP contribution in [-0.2, 0) is 0 Å². The minimum absolute atomic E-state index is 0.0828. The molecule has 1 fully saturated rings. The average Bonchev–Trinajstić information content (AvgIpc) is 2.38. The molecule has 0 amide bonds. The molecule has 0 bridgehead atoms. The second kappa shape index (κ2) is 5.35. The van der Waals surface area contributed by atoms with Crippen molar-refractivity contribution in [3.63, 3.8) is 0 Å². The zero-order valence-corrected chi connectivity index (χ0v) is 10.5. The molecular weight excluding hydrogens is 232 g/mol. The lowest BCUT2D eigenvalue weighted by Gasteiger charge is -2.37. The van der Waals surface area contributed by atoms with Gasteiger partial charge in [-0.1, -0.05) is 6.07 Å². The Bertz CT molecular complexity index is 448. The zero-order valence-electron chi connectivity index (χ0n) is 10.5. The number of aliphatic hydroxyl groups excluding tert-OH is 1. The minimum Gasteiger partial charge on any atom is -0.394 e. The van der Waals surface area contributed by atoms with Gasteiger partial charge in [-0.15, -0.1) is 0 Å². The summed E-state index contributed by atoms with van der Waals surface area (Å²) in [5.41, 5.74) is 1.71. The minimum atomic E-state index is -0.350. The first kappa shape index (κ1) is 12.8. The molecule has 0 aromatic heterocycles. The summed E-state index contributed by atoms with van der Waals surface area (Å²) in [6.07, 6.45) is 3.12. The van der Waals surface area contributed by atoms with Crippen molar-refractivity contribution >= 4 is 11.4 Å². The first-order valence-electron chi connectivity index (χ1n) is 6.26. The fourth-order valence-corrected chi connectivity index (χ4v) is 2.63. The van der Waals surface area contributed by atoms with Gasteiger partial charge in [-0.3, -0.25) is 10.1 Å².